The van der Waals surface area contributed by atoms with Gasteiger partial charge >= 0.3 is 0 Å². The van der Waals surface area contributed by atoms with E-state index in [9.17, 15) is 13.6 Å². The van der Waals surface area contributed by atoms with Gasteiger partial charge < -0.3 is 10.1 Å². The molecular formula is C20H15BrF2N2O2S. The fourth-order valence-electron chi connectivity index (χ4n) is 2.51. The van der Waals surface area contributed by atoms with Gasteiger partial charge in [-0.05, 0) is 42.3 Å². The summed E-state index contributed by atoms with van der Waals surface area (Å²) in [6.45, 7) is 5.75. The summed E-state index contributed by atoms with van der Waals surface area (Å²) < 4.78 is 33.8. The topological polar surface area (TPSA) is 51.2 Å². The minimum atomic E-state index is -0.866. The Morgan fingerprint density at radius 2 is 1.93 bits per heavy atom. The summed E-state index contributed by atoms with van der Waals surface area (Å²) in [5.74, 6) is -2.18. The number of anilines is 1. The van der Waals surface area contributed by atoms with Crippen molar-refractivity contribution in [3.8, 4) is 10.4 Å². The van der Waals surface area contributed by atoms with Gasteiger partial charge in [0.2, 0.25) is 0 Å². The van der Waals surface area contributed by atoms with E-state index in [2.05, 4.69) is 32.8 Å². The van der Waals surface area contributed by atoms with Crippen LogP contribution in [0.3, 0.4) is 0 Å². The maximum Gasteiger partial charge on any atom is 0.284 e. The first-order chi connectivity index (χ1) is 13.3. The van der Waals surface area contributed by atoms with Gasteiger partial charge in [-0.15, -0.1) is 11.3 Å². The van der Waals surface area contributed by atoms with E-state index >= 15 is 0 Å². The van der Waals surface area contributed by atoms with Crippen LogP contribution in [0.4, 0.5) is 14.5 Å². The number of carbonyl (C=O) groups is 1. The van der Waals surface area contributed by atoms with Gasteiger partial charge in [0.05, 0.1) is 12.0 Å². The number of ether oxygens (including phenoxy) is 1. The average molecular weight is 465 g/mol. The number of benzene rings is 2. The fraction of sp³-hybridized carbons (Fsp3) is 0.100. The third-order valence-electron chi connectivity index (χ3n) is 3.98. The number of nitrogens with one attached hydrogen (secondary N) is 1. The molecule has 0 aliphatic carbocycles. The van der Waals surface area contributed by atoms with Crippen molar-refractivity contribution in [1.29, 1.82) is 0 Å². The van der Waals surface area contributed by atoms with Crippen molar-refractivity contribution >= 4 is 44.6 Å². The fourth-order valence-corrected chi connectivity index (χ4v) is 3.93. The summed E-state index contributed by atoms with van der Waals surface area (Å²) in [5.41, 5.74) is 1.68. The summed E-state index contributed by atoms with van der Waals surface area (Å²) in [6.07, 6.45) is 0. The number of hydrogen-bond donors (Lipinski definition) is 1. The molecule has 144 valence electrons. The number of carbonyl (C=O) groups excluding carboxylic acids is 1. The van der Waals surface area contributed by atoms with Gasteiger partial charge in [0.1, 0.15) is 28.8 Å². The zero-order valence-electron chi connectivity index (χ0n) is 15.0. The SMILES string of the molecule is C=C(OC)c1nc(C(=O)Nc2c(F)cccc2F)sc1-c1cc(Br)ccc1C. The molecule has 0 saturated heterocycles. The number of amides is 1. The molecule has 0 radical (unpaired) electrons. The zero-order valence-corrected chi connectivity index (χ0v) is 17.4. The third kappa shape index (κ3) is 3.98. The lowest BCUT2D eigenvalue weighted by atomic mass is 10.1. The molecule has 1 aromatic heterocycles. The molecule has 2 aromatic carbocycles. The van der Waals surface area contributed by atoms with Gasteiger partial charge in [0.15, 0.2) is 5.01 Å². The first-order valence-corrected chi connectivity index (χ1v) is 9.68. The van der Waals surface area contributed by atoms with Crippen LogP contribution in [0.5, 0.6) is 0 Å². The molecule has 0 fully saturated rings. The Bertz CT molecular complexity index is 1060. The van der Waals surface area contributed by atoms with Crippen molar-refractivity contribution in [2.75, 3.05) is 12.4 Å². The number of thiazole rings is 1. The van der Waals surface area contributed by atoms with Crippen LogP contribution in [0.15, 0.2) is 47.4 Å². The van der Waals surface area contributed by atoms with Crippen molar-refractivity contribution in [3.63, 3.8) is 0 Å². The van der Waals surface area contributed by atoms with Gasteiger partial charge in [0.25, 0.3) is 5.91 Å². The highest BCUT2D eigenvalue weighted by molar-refractivity contribution is 9.10. The van der Waals surface area contributed by atoms with Crippen LogP contribution in [-0.2, 0) is 4.74 Å². The number of halogens is 3. The molecule has 0 bridgehead atoms. The molecule has 0 aliphatic heterocycles. The second-order valence-electron chi connectivity index (χ2n) is 5.83. The molecule has 0 unspecified atom stereocenters. The van der Waals surface area contributed by atoms with Gasteiger partial charge in [0, 0.05) is 4.47 Å². The smallest absolute Gasteiger partial charge is 0.284 e. The minimum absolute atomic E-state index is 0.0326. The Hall–Kier alpha value is -2.58. The lowest BCUT2D eigenvalue weighted by molar-refractivity contribution is 0.102. The number of aromatic nitrogens is 1. The number of hydrogen-bond acceptors (Lipinski definition) is 4. The van der Waals surface area contributed by atoms with Crippen LogP contribution >= 0.6 is 27.3 Å². The van der Waals surface area contributed by atoms with E-state index in [-0.39, 0.29) is 10.8 Å². The first-order valence-electron chi connectivity index (χ1n) is 8.07. The highest BCUT2D eigenvalue weighted by Crippen LogP contribution is 2.37. The van der Waals surface area contributed by atoms with Crippen LogP contribution in [-0.4, -0.2) is 18.0 Å². The van der Waals surface area contributed by atoms with Crippen LogP contribution in [0.2, 0.25) is 0 Å². The maximum atomic E-state index is 13.8. The molecule has 28 heavy (non-hydrogen) atoms. The largest absolute Gasteiger partial charge is 0.495 e. The van der Waals surface area contributed by atoms with E-state index in [4.69, 9.17) is 4.74 Å². The quantitative estimate of drug-likeness (QED) is 0.469. The Morgan fingerprint density at radius 1 is 1.25 bits per heavy atom. The summed E-state index contributed by atoms with van der Waals surface area (Å²) in [4.78, 5) is 17.6. The van der Waals surface area contributed by atoms with E-state index in [0.717, 1.165) is 39.1 Å². The standard InChI is InChI=1S/C20H15BrF2N2O2S/c1-10-7-8-12(21)9-13(10)18-16(11(2)27-3)25-20(28-18)19(26)24-17-14(22)5-4-6-15(17)23/h4-9H,2H2,1,3H3,(H,24,26). The van der Waals surface area contributed by atoms with E-state index in [1.165, 1.54) is 13.2 Å². The second kappa shape index (κ2) is 8.20. The van der Waals surface area contributed by atoms with Crippen molar-refractivity contribution in [2.24, 2.45) is 0 Å². The molecule has 0 aliphatic rings. The van der Waals surface area contributed by atoms with Crippen molar-refractivity contribution < 1.29 is 18.3 Å². The van der Waals surface area contributed by atoms with Gasteiger partial charge in [-0.2, -0.15) is 0 Å². The van der Waals surface area contributed by atoms with Gasteiger partial charge in [-0.3, -0.25) is 4.79 Å². The Morgan fingerprint density at radius 3 is 2.57 bits per heavy atom. The number of nitrogens with zero attached hydrogens (tertiary/aromatic N) is 1. The molecule has 4 nitrogen and oxygen atoms in total. The first kappa shape index (κ1) is 20.2. The van der Waals surface area contributed by atoms with Crippen LogP contribution in [0.1, 0.15) is 21.1 Å². The zero-order chi connectivity index (χ0) is 20.4. The summed E-state index contributed by atoms with van der Waals surface area (Å²) in [7, 11) is 1.45. The van der Waals surface area contributed by atoms with Crippen molar-refractivity contribution in [1.82, 2.24) is 4.98 Å². The molecule has 0 atom stereocenters. The Labute approximate surface area is 173 Å². The maximum absolute atomic E-state index is 13.8. The van der Waals surface area contributed by atoms with E-state index in [1.807, 2.05) is 25.1 Å². The van der Waals surface area contributed by atoms with Crippen LogP contribution < -0.4 is 5.32 Å². The lowest BCUT2D eigenvalue weighted by Crippen LogP contribution is -2.14. The average Bonchev–Trinajstić information content (AvgIpc) is 3.11. The highest BCUT2D eigenvalue weighted by Gasteiger charge is 2.23. The molecule has 3 rings (SSSR count). The molecule has 1 amide bonds. The molecule has 3 aromatic rings. The monoisotopic (exact) mass is 464 g/mol. The lowest BCUT2D eigenvalue weighted by Gasteiger charge is -2.07. The third-order valence-corrected chi connectivity index (χ3v) is 5.56. The molecule has 8 heteroatoms. The number of aryl methyl sites for hydroxylation is 1. The number of rotatable bonds is 5. The normalized spacial score (nSPS) is 10.6. The second-order valence-corrected chi connectivity index (χ2v) is 7.75. The van der Waals surface area contributed by atoms with Gasteiger partial charge in [-0.1, -0.05) is 34.6 Å². The molecular weight excluding hydrogens is 450 g/mol. The predicted molar refractivity (Wildman–Crippen MR) is 110 cm³/mol. The van der Waals surface area contributed by atoms with E-state index < -0.39 is 23.2 Å². The van der Waals surface area contributed by atoms with E-state index in [1.54, 1.807) is 0 Å². The Balaban J connectivity index is 2.06. The number of methoxy groups -OCH3 is 1. The van der Waals surface area contributed by atoms with Crippen molar-refractivity contribution in [3.05, 3.63) is 75.3 Å². The summed E-state index contributed by atoms with van der Waals surface area (Å²) >= 11 is 4.52. The summed E-state index contributed by atoms with van der Waals surface area (Å²) in [6, 6.07) is 9.07. The minimum Gasteiger partial charge on any atom is -0.495 e. The molecule has 0 saturated carbocycles. The van der Waals surface area contributed by atoms with Gasteiger partial charge in [-0.25, -0.2) is 13.8 Å². The summed E-state index contributed by atoms with van der Waals surface area (Å²) in [5, 5.41) is 2.28. The number of para-hydroxylation sites is 1. The molecule has 1 heterocycles. The van der Waals surface area contributed by atoms with Crippen LogP contribution in [0, 0.1) is 18.6 Å². The van der Waals surface area contributed by atoms with Crippen LogP contribution in [0.25, 0.3) is 16.2 Å². The molecule has 0 spiro atoms. The highest BCUT2D eigenvalue weighted by atomic mass is 79.9. The van der Waals surface area contributed by atoms with E-state index in [0.29, 0.717) is 10.6 Å². The van der Waals surface area contributed by atoms with Crippen molar-refractivity contribution in [2.45, 2.75) is 6.92 Å². The molecule has 1 N–H and O–H groups in total. The predicted octanol–water partition coefficient (Wildman–Crippen LogP) is 6.03. The Kier molecular flexibility index (Phi) is 5.90.